The normalized spacial score (nSPS) is 17.6. The number of rotatable bonds is 4. The van der Waals surface area contributed by atoms with Gasteiger partial charge in [0.2, 0.25) is 0 Å². The molecule has 1 aliphatic carbocycles. The van der Waals surface area contributed by atoms with Crippen LogP contribution in [0.5, 0.6) is 0 Å². The first-order valence-corrected chi connectivity index (χ1v) is 7.36. The van der Waals surface area contributed by atoms with Gasteiger partial charge in [0.25, 0.3) is 5.91 Å². The van der Waals surface area contributed by atoms with Gasteiger partial charge in [-0.2, -0.15) is 0 Å². The van der Waals surface area contributed by atoms with Crippen molar-refractivity contribution in [3.8, 4) is 0 Å². The highest BCUT2D eigenvalue weighted by Crippen LogP contribution is 2.27. The first kappa shape index (κ1) is 14.9. The highest BCUT2D eigenvalue weighted by atomic mass is 16.1. The Morgan fingerprint density at radius 1 is 1.20 bits per heavy atom. The molecule has 1 aromatic carbocycles. The summed E-state index contributed by atoms with van der Waals surface area (Å²) in [4.78, 5) is 14.4. The van der Waals surface area contributed by atoms with Gasteiger partial charge in [0.1, 0.15) is 0 Å². The summed E-state index contributed by atoms with van der Waals surface area (Å²) in [6.07, 6.45) is 5.53. The number of nitrogens with zero attached hydrogens (tertiary/aromatic N) is 1. The molecular weight excluding hydrogens is 250 g/mol. The first-order chi connectivity index (χ1) is 9.56. The maximum absolute atomic E-state index is 12.4. The number of nitrogens with two attached hydrogens (primary N) is 1. The Balaban J connectivity index is 2.06. The minimum absolute atomic E-state index is 0.0114. The summed E-state index contributed by atoms with van der Waals surface area (Å²) >= 11 is 0. The second kappa shape index (κ2) is 6.27. The summed E-state index contributed by atoms with van der Waals surface area (Å²) in [7, 11) is 3.97. The molecule has 20 heavy (non-hydrogen) atoms. The second-order valence-corrected chi connectivity index (χ2v) is 5.94. The zero-order valence-corrected chi connectivity index (χ0v) is 12.5. The van der Waals surface area contributed by atoms with Crippen LogP contribution >= 0.6 is 0 Å². The number of anilines is 1. The molecular formula is C16H25N3O. The molecule has 1 aromatic rings. The SMILES string of the molecule is CN(C)c1ccc(C(=O)NC2(CN)CCCCC2)cc1. The summed E-state index contributed by atoms with van der Waals surface area (Å²) < 4.78 is 0. The monoisotopic (exact) mass is 275 g/mol. The quantitative estimate of drug-likeness (QED) is 0.885. The molecule has 0 spiro atoms. The first-order valence-electron chi connectivity index (χ1n) is 7.36. The highest BCUT2D eigenvalue weighted by Gasteiger charge is 2.32. The van der Waals surface area contributed by atoms with Gasteiger partial charge in [-0.3, -0.25) is 4.79 Å². The van der Waals surface area contributed by atoms with E-state index >= 15 is 0 Å². The molecule has 0 heterocycles. The zero-order chi connectivity index (χ0) is 14.6. The van der Waals surface area contributed by atoms with Crippen LogP contribution < -0.4 is 16.0 Å². The maximum atomic E-state index is 12.4. The molecule has 1 saturated carbocycles. The summed E-state index contributed by atoms with van der Waals surface area (Å²) in [6.45, 7) is 0.522. The van der Waals surface area contributed by atoms with Gasteiger partial charge in [-0.05, 0) is 37.1 Å². The number of hydrogen-bond acceptors (Lipinski definition) is 3. The van der Waals surface area contributed by atoms with E-state index in [4.69, 9.17) is 5.73 Å². The smallest absolute Gasteiger partial charge is 0.251 e. The van der Waals surface area contributed by atoms with Crippen molar-refractivity contribution in [3.05, 3.63) is 29.8 Å². The fourth-order valence-electron chi connectivity index (χ4n) is 2.83. The lowest BCUT2D eigenvalue weighted by Gasteiger charge is -2.37. The summed E-state index contributed by atoms with van der Waals surface area (Å²) in [5.41, 5.74) is 7.50. The largest absolute Gasteiger partial charge is 0.378 e. The van der Waals surface area contributed by atoms with E-state index in [-0.39, 0.29) is 11.4 Å². The minimum Gasteiger partial charge on any atom is -0.378 e. The number of hydrogen-bond donors (Lipinski definition) is 2. The molecule has 3 N–H and O–H groups in total. The lowest BCUT2D eigenvalue weighted by molar-refractivity contribution is 0.0874. The van der Waals surface area contributed by atoms with Crippen LogP contribution in [0.1, 0.15) is 42.5 Å². The molecule has 2 rings (SSSR count). The van der Waals surface area contributed by atoms with Crippen molar-refractivity contribution in [2.24, 2.45) is 5.73 Å². The molecule has 0 unspecified atom stereocenters. The maximum Gasteiger partial charge on any atom is 0.251 e. The van der Waals surface area contributed by atoms with Crippen LogP contribution in [-0.2, 0) is 0 Å². The fraction of sp³-hybridized carbons (Fsp3) is 0.562. The Morgan fingerprint density at radius 2 is 1.80 bits per heavy atom. The van der Waals surface area contributed by atoms with Gasteiger partial charge in [-0.1, -0.05) is 19.3 Å². The predicted octanol–water partition coefficient (Wildman–Crippen LogP) is 2.14. The Labute approximate surface area is 121 Å². The molecule has 4 nitrogen and oxygen atoms in total. The van der Waals surface area contributed by atoms with Gasteiger partial charge in [-0.25, -0.2) is 0 Å². The molecule has 0 atom stereocenters. The van der Waals surface area contributed by atoms with Crippen molar-refractivity contribution >= 4 is 11.6 Å². The van der Waals surface area contributed by atoms with E-state index in [1.807, 2.05) is 43.3 Å². The van der Waals surface area contributed by atoms with Gasteiger partial charge in [0, 0.05) is 31.9 Å². The van der Waals surface area contributed by atoms with Crippen LogP contribution in [0.15, 0.2) is 24.3 Å². The van der Waals surface area contributed by atoms with Crippen molar-refractivity contribution < 1.29 is 4.79 Å². The van der Waals surface area contributed by atoms with Crippen molar-refractivity contribution in [2.75, 3.05) is 25.5 Å². The van der Waals surface area contributed by atoms with E-state index in [0.29, 0.717) is 12.1 Å². The molecule has 1 amide bonds. The summed E-state index contributed by atoms with van der Waals surface area (Å²) in [5, 5.41) is 3.17. The molecule has 1 aliphatic rings. The van der Waals surface area contributed by atoms with Crippen molar-refractivity contribution in [3.63, 3.8) is 0 Å². The molecule has 4 heteroatoms. The van der Waals surface area contributed by atoms with E-state index in [1.54, 1.807) is 0 Å². The van der Waals surface area contributed by atoms with E-state index < -0.39 is 0 Å². The number of carbonyl (C=O) groups excluding carboxylic acids is 1. The molecule has 0 bridgehead atoms. The van der Waals surface area contributed by atoms with Crippen LogP contribution in [-0.4, -0.2) is 32.1 Å². The predicted molar refractivity (Wildman–Crippen MR) is 83.1 cm³/mol. The van der Waals surface area contributed by atoms with Gasteiger partial charge in [-0.15, -0.1) is 0 Å². The van der Waals surface area contributed by atoms with Gasteiger partial charge in [0.15, 0.2) is 0 Å². The number of carbonyl (C=O) groups is 1. The van der Waals surface area contributed by atoms with E-state index in [9.17, 15) is 4.79 Å². The van der Waals surface area contributed by atoms with E-state index in [2.05, 4.69) is 5.32 Å². The van der Waals surface area contributed by atoms with Crippen molar-refractivity contribution in [1.82, 2.24) is 5.32 Å². The minimum atomic E-state index is -0.199. The lowest BCUT2D eigenvalue weighted by atomic mass is 9.81. The Hall–Kier alpha value is -1.55. The Morgan fingerprint density at radius 3 is 2.30 bits per heavy atom. The molecule has 0 radical (unpaired) electrons. The third-order valence-corrected chi connectivity index (χ3v) is 4.23. The molecule has 0 aromatic heterocycles. The van der Waals surface area contributed by atoms with Crippen LogP contribution in [0.25, 0.3) is 0 Å². The number of amides is 1. The zero-order valence-electron chi connectivity index (χ0n) is 12.5. The third-order valence-electron chi connectivity index (χ3n) is 4.23. The highest BCUT2D eigenvalue weighted by molar-refractivity contribution is 5.95. The molecule has 0 saturated heterocycles. The standard InChI is InChI=1S/C16H25N3O/c1-19(2)14-8-6-13(7-9-14)15(20)18-16(12-17)10-4-3-5-11-16/h6-9H,3-5,10-12,17H2,1-2H3,(H,18,20). The fourth-order valence-corrected chi connectivity index (χ4v) is 2.83. The van der Waals surface area contributed by atoms with E-state index in [1.165, 1.54) is 6.42 Å². The van der Waals surface area contributed by atoms with Crippen LogP contribution in [0.2, 0.25) is 0 Å². The van der Waals surface area contributed by atoms with Gasteiger partial charge >= 0.3 is 0 Å². The Bertz CT molecular complexity index is 447. The van der Waals surface area contributed by atoms with E-state index in [0.717, 1.165) is 31.4 Å². The lowest BCUT2D eigenvalue weighted by Crippen LogP contribution is -2.54. The van der Waals surface area contributed by atoms with Crippen molar-refractivity contribution in [1.29, 1.82) is 0 Å². The average Bonchev–Trinajstić information content (AvgIpc) is 2.48. The second-order valence-electron chi connectivity index (χ2n) is 5.94. The summed E-state index contributed by atoms with van der Waals surface area (Å²) in [5.74, 6) is -0.0114. The average molecular weight is 275 g/mol. The molecule has 0 aliphatic heterocycles. The number of benzene rings is 1. The summed E-state index contributed by atoms with van der Waals surface area (Å²) in [6, 6.07) is 7.67. The number of nitrogens with one attached hydrogen (secondary N) is 1. The third kappa shape index (κ3) is 3.31. The van der Waals surface area contributed by atoms with Crippen LogP contribution in [0.3, 0.4) is 0 Å². The van der Waals surface area contributed by atoms with Crippen molar-refractivity contribution in [2.45, 2.75) is 37.6 Å². The van der Waals surface area contributed by atoms with Crippen LogP contribution in [0, 0.1) is 0 Å². The molecule has 110 valence electrons. The van der Waals surface area contributed by atoms with Crippen LogP contribution in [0.4, 0.5) is 5.69 Å². The topological polar surface area (TPSA) is 58.4 Å². The van der Waals surface area contributed by atoms with Gasteiger partial charge < -0.3 is 16.0 Å². The Kier molecular flexibility index (Phi) is 4.65. The van der Waals surface area contributed by atoms with Gasteiger partial charge in [0.05, 0.1) is 5.54 Å². The molecule has 1 fully saturated rings.